The first-order valence-corrected chi connectivity index (χ1v) is 11.6. The van der Waals surface area contributed by atoms with E-state index >= 15 is 0 Å². The molecule has 0 saturated heterocycles. The maximum Gasteiger partial charge on any atom is 0.320 e. The van der Waals surface area contributed by atoms with Crippen molar-refractivity contribution in [3.05, 3.63) is 87.8 Å². The smallest absolute Gasteiger partial charge is 0.320 e. The quantitative estimate of drug-likeness (QED) is 0.383. The van der Waals surface area contributed by atoms with Crippen molar-refractivity contribution >= 4 is 11.8 Å². The Morgan fingerprint density at radius 2 is 1.91 bits per heavy atom. The van der Waals surface area contributed by atoms with Crippen LogP contribution in [0.4, 0.5) is 10.6 Å². The van der Waals surface area contributed by atoms with Crippen molar-refractivity contribution in [3.8, 4) is 23.0 Å². The van der Waals surface area contributed by atoms with Gasteiger partial charge in [0.1, 0.15) is 11.6 Å². The van der Waals surface area contributed by atoms with Crippen molar-refractivity contribution in [1.29, 1.82) is 0 Å². The number of aromatic amines is 1. The van der Waals surface area contributed by atoms with Gasteiger partial charge in [0.2, 0.25) is 5.95 Å². The van der Waals surface area contributed by atoms with Crippen LogP contribution in [-0.2, 0) is 19.3 Å². The zero-order valence-corrected chi connectivity index (χ0v) is 19.4. The Bertz CT molecular complexity index is 1390. The molecule has 1 aliphatic carbocycles. The number of urea groups is 1. The monoisotopic (exact) mass is 470 g/mol. The van der Waals surface area contributed by atoms with Crippen LogP contribution < -0.4 is 20.9 Å². The average molecular weight is 471 g/mol. The first-order valence-electron chi connectivity index (χ1n) is 11.6. The summed E-state index contributed by atoms with van der Waals surface area (Å²) < 4.78 is 6.65. The van der Waals surface area contributed by atoms with Gasteiger partial charge in [0.05, 0.1) is 18.5 Å². The van der Waals surface area contributed by atoms with Gasteiger partial charge in [-0.05, 0) is 43.4 Å². The van der Waals surface area contributed by atoms with Crippen LogP contribution in [0.25, 0.3) is 17.2 Å². The van der Waals surface area contributed by atoms with Crippen molar-refractivity contribution in [2.24, 2.45) is 0 Å². The third kappa shape index (κ3) is 4.93. The zero-order valence-electron chi connectivity index (χ0n) is 19.4. The Labute approximate surface area is 202 Å². The van der Waals surface area contributed by atoms with Crippen LogP contribution in [0.15, 0.2) is 65.5 Å². The molecule has 0 saturated carbocycles. The molecule has 2 aromatic heterocycles. The lowest BCUT2D eigenvalue weighted by Gasteiger charge is -2.10. The number of aromatic nitrogens is 4. The summed E-state index contributed by atoms with van der Waals surface area (Å²) in [5, 5.41) is 10.4. The van der Waals surface area contributed by atoms with Gasteiger partial charge in [0.25, 0.3) is 5.56 Å². The third-order valence-corrected chi connectivity index (χ3v) is 6.01. The lowest BCUT2D eigenvalue weighted by molar-refractivity contribution is 0.252. The predicted octanol–water partition coefficient (Wildman–Crippen LogP) is 3.48. The van der Waals surface area contributed by atoms with Crippen molar-refractivity contribution < 1.29 is 9.53 Å². The SMILES string of the molecule is COc1ccc(CCNC(=O)Nc2cc(-c3ccccc3)nn2-c2nc3c(c(=O)[nH]2)CCC3)cc1. The molecule has 9 nitrogen and oxygen atoms in total. The number of hydrogen-bond acceptors (Lipinski definition) is 5. The minimum Gasteiger partial charge on any atom is -0.497 e. The number of nitrogens with one attached hydrogen (secondary N) is 3. The van der Waals surface area contributed by atoms with Gasteiger partial charge in [-0.25, -0.2) is 9.78 Å². The maximum absolute atomic E-state index is 12.7. The fourth-order valence-corrected chi connectivity index (χ4v) is 4.18. The predicted molar refractivity (Wildman–Crippen MR) is 133 cm³/mol. The minimum absolute atomic E-state index is 0.158. The summed E-state index contributed by atoms with van der Waals surface area (Å²) in [6.07, 6.45) is 3.07. The van der Waals surface area contributed by atoms with Crippen LogP contribution in [0, 0.1) is 0 Å². The van der Waals surface area contributed by atoms with Crippen molar-refractivity contribution in [3.63, 3.8) is 0 Å². The molecule has 0 radical (unpaired) electrons. The molecule has 4 aromatic rings. The summed E-state index contributed by atoms with van der Waals surface area (Å²) >= 11 is 0. The molecule has 0 atom stereocenters. The van der Waals surface area contributed by atoms with Gasteiger partial charge >= 0.3 is 6.03 Å². The number of ether oxygens (including phenoxy) is 1. The Kier molecular flexibility index (Phi) is 6.30. The molecule has 0 aliphatic heterocycles. The van der Waals surface area contributed by atoms with E-state index in [0.717, 1.165) is 47.4 Å². The Balaban J connectivity index is 1.36. The summed E-state index contributed by atoms with van der Waals surface area (Å²) in [5.41, 5.74) is 3.99. The van der Waals surface area contributed by atoms with Crippen LogP contribution in [0.1, 0.15) is 23.2 Å². The van der Waals surface area contributed by atoms with E-state index in [2.05, 4.69) is 25.7 Å². The first kappa shape index (κ1) is 22.4. The molecule has 178 valence electrons. The molecule has 35 heavy (non-hydrogen) atoms. The van der Waals surface area contributed by atoms with E-state index in [4.69, 9.17) is 4.74 Å². The normalized spacial score (nSPS) is 12.3. The third-order valence-electron chi connectivity index (χ3n) is 6.01. The molecular formula is C26H26N6O3. The van der Waals surface area contributed by atoms with Gasteiger partial charge in [-0.1, -0.05) is 42.5 Å². The average Bonchev–Trinajstić information content (AvgIpc) is 3.53. The molecule has 9 heteroatoms. The maximum atomic E-state index is 12.7. The topological polar surface area (TPSA) is 114 Å². The molecule has 0 bridgehead atoms. The second-order valence-electron chi connectivity index (χ2n) is 8.34. The van der Waals surface area contributed by atoms with E-state index < -0.39 is 0 Å². The summed E-state index contributed by atoms with van der Waals surface area (Å²) in [6, 6.07) is 18.8. The van der Waals surface area contributed by atoms with E-state index in [1.807, 2.05) is 54.6 Å². The number of amides is 2. The van der Waals surface area contributed by atoms with Crippen LogP contribution >= 0.6 is 0 Å². The largest absolute Gasteiger partial charge is 0.497 e. The second-order valence-corrected chi connectivity index (χ2v) is 8.34. The molecule has 2 aromatic carbocycles. The number of rotatable bonds is 7. The van der Waals surface area contributed by atoms with E-state index in [9.17, 15) is 9.59 Å². The second kappa shape index (κ2) is 9.84. The number of aryl methyl sites for hydroxylation is 1. The molecule has 2 heterocycles. The molecule has 3 N–H and O–H groups in total. The fraction of sp³-hybridized carbons (Fsp3) is 0.231. The summed E-state index contributed by atoms with van der Waals surface area (Å²) in [7, 11) is 1.63. The Morgan fingerprint density at radius 3 is 2.69 bits per heavy atom. The number of carbonyl (C=O) groups is 1. The number of anilines is 1. The van der Waals surface area contributed by atoms with Gasteiger partial charge in [0, 0.05) is 23.7 Å². The number of hydrogen-bond donors (Lipinski definition) is 3. The van der Waals surface area contributed by atoms with Crippen LogP contribution in [-0.4, -0.2) is 39.4 Å². The molecule has 1 aliphatic rings. The van der Waals surface area contributed by atoms with Gasteiger partial charge in [0.15, 0.2) is 0 Å². The summed E-state index contributed by atoms with van der Waals surface area (Å²) in [5.74, 6) is 1.48. The lowest BCUT2D eigenvalue weighted by Crippen LogP contribution is -2.31. The number of carbonyl (C=O) groups excluding carboxylic acids is 1. The van der Waals surface area contributed by atoms with Crippen LogP contribution in [0.5, 0.6) is 5.75 Å². The minimum atomic E-state index is -0.372. The number of fused-ring (bicyclic) bond motifs is 1. The lowest BCUT2D eigenvalue weighted by atomic mass is 10.1. The van der Waals surface area contributed by atoms with E-state index in [0.29, 0.717) is 24.5 Å². The molecule has 0 unspecified atom stereocenters. The first-order chi connectivity index (χ1) is 17.1. The highest BCUT2D eigenvalue weighted by molar-refractivity contribution is 5.89. The molecule has 0 spiro atoms. The van der Waals surface area contributed by atoms with E-state index in [1.54, 1.807) is 13.2 Å². The molecule has 0 fully saturated rings. The number of nitrogens with zero attached hydrogens (tertiary/aromatic N) is 3. The number of H-pyrrole nitrogens is 1. The van der Waals surface area contributed by atoms with Crippen molar-refractivity contribution in [2.75, 3.05) is 19.0 Å². The van der Waals surface area contributed by atoms with Crippen LogP contribution in [0.3, 0.4) is 0 Å². The zero-order chi connectivity index (χ0) is 24.2. The fourth-order valence-electron chi connectivity index (χ4n) is 4.18. The highest BCUT2D eigenvalue weighted by Crippen LogP contribution is 2.24. The Hall–Kier alpha value is -4.40. The summed E-state index contributed by atoms with van der Waals surface area (Å²) in [4.78, 5) is 32.8. The number of methoxy groups -OCH3 is 1. The molecule has 5 rings (SSSR count). The number of benzene rings is 2. The van der Waals surface area contributed by atoms with Crippen LogP contribution in [0.2, 0.25) is 0 Å². The van der Waals surface area contributed by atoms with Crippen molar-refractivity contribution in [1.82, 2.24) is 25.1 Å². The van der Waals surface area contributed by atoms with Gasteiger partial charge in [-0.3, -0.25) is 15.1 Å². The highest BCUT2D eigenvalue weighted by atomic mass is 16.5. The molecule has 2 amide bonds. The Morgan fingerprint density at radius 1 is 1.11 bits per heavy atom. The standard InChI is InChI=1S/C26H26N6O3/c1-35-19-12-10-17(11-13-19)14-15-27-26(34)29-23-16-22(18-6-3-2-4-7-18)31-32(23)25-28-21-9-5-8-20(21)24(33)30-25/h2-4,6-7,10-13,16H,5,8-9,14-15H2,1H3,(H2,27,29,34)(H,28,30,33). The van der Waals surface area contributed by atoms with Gasteiger partial charge in [-0.15, -0.1) is 0 Å². The van der Waals surface area contributed by atoms with E-state index in [-0.39, 0.29) is 17.5 Å². The molecular weight excluding hydrogens is 444 g/mol. The highest BCUT2D eigenvalue weighted by Gasteiger charge is 2.20. The summed E-state index contributed by atoms with van der Waals surface area (Å²) in [6.45, 7) is 0.450. The van der Waals surface area contributed by atoms with E-state index in [1.165, 1.54) is 4.68 Å². The van der Waals surface area contributed by atoms with Gasteiger partial charge in [-0.2, -0.15) is 9.78 Å². The van der Waals surface area contributed by atoms with Crippen molar-refractivity contribution in [2.45, 2.75) is 25.7 Å². The van der Waals surface area contributed by atoms with Gasteiger partial charge < -0.3 is 10.1 Å².